The van der Waals surface area contributed by atoms with Gasteiger partial charge in [0.05, 0.1) is 0 Å². The fraction of sp³-hybridized carbons (Fsp3) is 0.545. The predicted octanol–water partition coefficient (Wildman–Crippen LogP) is 4.05. The SMILES string of the molecule is CC(C)(C)OC(=O)Nc1ccc(C(=O)N2CCC(c3nc(C4CC4)n[nH]3)CC2)cc1. The molecule has 1 aliphatic heterocycles. The van der Waals surface area contributed by atoms with Gasteiger partial charge >= 0.3 is 6.09 Å². The highest BCUT2D eigenvalue weighted by Gasteiger charge is 2.31. The Morgan fingerprint density at radius 1 is 1.07 bits per heavy atom. The Labute approximate surface area is 176 Å². The number of piperidine rings is 1. The lowest BCUT2D eigenvalue weighted by molar-refractivity contribution is 0.0635. The van der Waals surface area contributed by atoms with E-state index in [0.717, 1.165) is 24.5 Å². The largest absolute Gasteiger partial charge is 0.444 e. The fourth-order valence-electron chi connectivity index (χ4n) is 3.65. The Hall–Kier alpha value is -2.90. The Kier molecular flexibility index (Phi) is 5.49. The molecule has 4 rings (SSSR count). The van der Waals surface area contributed by atoms with Gasteiger partial charge in [0, 0.05) is 36.2 Å². The number of nitrogens with zero attached hydrogens (tertiary/aromatic N) is 3. The second-order valence-electron chi connectivity index (χ2n) is 9.12. The van der Waals surface area contributed by atoms with Crippen molar-refractivity contribution >= 4 is 17.7 Å². The average molecular weight is 412 g/mol. The molecule has 8 heteroatoms. The summed E-state index contributed by atoms with van der Waals surface area (Å²) < 4.78 is 5.24. The number of hydrogen-bond donors (Lipinski definition) is 2. The maximum atomic E-state index is 12.8. The quantitative estimate of drug-likeness (QED) is 0.791. The van der Waals surface area contributed by atoms with Crippen molar-refractivity contribution in [3.05, 3.63) is 41.5 Å². The van der Waals surface area contributed by atoms with Gasteiger partial charge in [-0.1, -0.05) is 0 Å². The number of H-pyrrole nitrogens is 1. The van der Waals surface area contributed by atoms with Gasteiger partial charge in [-0.05, 0) is 70.7 Å². The van der Waals surface area contributed by atoms with Gasteiger partial charge in [0.2, 0.25) is 0 Å². The van der Waals surface area contributed by atoms with Gasteiger partial charge < -0.3 is 9.64 Å². The van der Waals surface area contributed by atoms with Crippen LogP contribution < -0.4 is 5.32 Å². The minimum Gasteiger partial charge on any atom is -0.444 e. The van der Waals surface area contributed by atoms with Gasteiger partial charge in [-0.2, -0.15) is 5.10 Å². The summed E-state index contributed by atoms with van der Waals surface area (Å²) in [7, 11) is 0. The van der Waals surface area contributed by atoms with Crippen molar-refractivity contribution in [2.45, 2.75) is 63.9 Å². The number of amides is 2. The molecule has 1 aromatic carbocycles. The fourth-order valence-corrected chi connectivity index (χ4v) is 3.65. The Balaban J connectivity index is 1.29. The molecule has 1 aliphatic carbocycles. The van der Waals surface area contributed by atoms with E-state index in [1.54, 1.807) is 24.3 Å². The van der Waals surface area contributed by atoms with E-state index in [2.05, 4.69) is 20.5 Å². The zero-order valence-corrected chi connectivity index (χ0v) is 17.8. The monoisotopic (exact) mass is 411 g/mol. The molecule has 0 bridgehead atoms. The first-order valence-electron chi connectivity index (χ1n) is 10.6. The summed E-state index contributed by atoms with van der Waals surface area (Å²) in [4.78, 5) is 31.3. The summed E-state index contributed by atoms with van der Waals surface area (Å²) >= 11 is 0. The standard InChI is InChI=1S/C22H29N5O3/c1-22(2,3)30-21(29)23-17-8-6-16(7-9-17)20(28)27-12-10-15(11-13-27)19-24-18(25-26-19)14-4-5-14/h6-9,14-15H,4-5,10-13H2,1-3H3,(H,23,29)(H,24,25,26). The van der Waals surface area contributed by atoms with E-state index in [4.69, 9.17) is 4.74 Å². The van der Waals surface area contributed by atoms with Crippen LogP contribution in [-0.2, 0) is 4.74 Å². The maximum absolute atomic E-state index is 12.8. The number of hydrogen-bond acceptors (Lipinski definition) is 5. The van der Waals surface area contributed by atoms with E-state index in [1.807, 2.05) is 25.7 Å². The number of aromatic amines is 1. The lowest BCUT2D eigenvalue weighted by Crippen LogP contribution is -2.38. The number of benzene rings is 1. The average Bonchev–Trinajstić information content (AvgIpc) is 3.43. The minimum atomic E-state index is -0.558. The molecule has 2 heterocycles. The molecule has 0 spiro atoms. The zero-order chi connectivity index (χ0) is 21.3. The molecule has 0 radical (unpaired) electrons. The third kappa shape index (κ3) is 4.98. The molecule has 8 nitrogen and oxygen atoms in total. The van der Waals surface area contributed by atoms with Crippen LogP contribution in [-0.4, -0.2) is 50.8 Å². The number of ether oxygens (including phenoxy) is 1. The molecule has 160 valence electrons. The van der Waals surface area contributed by atoms with Crippen molar-refractivity contribution in [1.82, 2.24) is 20.1 Å². The molecule has 1 saturated carbocycles. The summed E-state index contributed by atoms with van der Waals surface area (Å²) in [5, 5.41) is 10.1. The third-order valence-electron chi connectivity index (χ3n) is 5.41. The number of anilines is 1. The van der Waals surface area contributed by atoms with Crippen molar-refractivity contribution in [3.8, 4) is 0 Å². The van der Waals surface area contributed by atoms with Gasteiger partial charge in [-0.25, -0.2) is 9.78 Å². The molecule has 2 amide bonds. The zero-order valence-electron chi connectivity index (χ0n) is 17.8. The van der Waals surface area contributed by atoms with Crippen molar-refractivity contribution in [2.75, 3.05) is 18.4 Å². The maximum Gasteiger partial charge on any atom is 0.412 e. The molecule has 2 aliphatic rings. The Morgan fingerprint density at radius 2 is 1.73 bits per heavy atom. The first-order valence-corrected chi connectivity index (χ1v) is 10.6. The van der Waals surface area contributed by atoms with Crippen LogP contribution in [0.2, 0.25) is 0 Å². The van der Waals surface area contributed by atoms with Crippen molar-refractivity contribution < 1.29 is 14.3 Å². The highest BCUT2D eigenvalue weighted by Crippen LogP contribution is 2.38. The van der Waals surface area contributed by atoms with Crippen LogP contribution in [0.1, 0.15) is 80.3 Å². The number of rotatable bonds is 4. The Bertz CT molecular complexity index is 904. The second kappa shape index (κ2) is 8.08. The highest BCUT2D eigenvalue weighted by molar-refractivity contribution is 5.95. The number of carbonyl (C=O) groups excluding carboxylic acids is 2. The molecule has 2 aromatic rings. The molecule has 30 heavy (non-hydrogen) atoms. The molecule has 1 aromatic heterocycles. The number of likely N-dealkylation sites (tertiary alicyclic amines) is 1. The summed E-state index contributed by atoms with van der Waals surface area (Å²) in [5.74, 6) is 2.79. The third-order valence-corrected chi connectivity index (χ3v) is 5.41. The lowest BCUT2D eigenvalue weighted by Gasteiger charge is -2.31. The Morgan fingerprint density at radius 3 is 2.33 bits per heavy atom. The smallest absolute Gasteiger partial charge is 0.412 e. The molecular weight excluding hydrogens is 382 g/mol. The van der Waals surface area contributed by atoms with E-state index in [-0.39, 0.29) is 5.91 Å². The van der Waals surface area contributed by atoms with E-state index in [0.29, 0.717) is 36.2 Å². The van der Waals surface area contributed by atoms with Crippen LogP contribution in [0.4, 0.5) is 10.5 Å². The summed E-state index contributed by atoms with van der Waals surface area (Å²) in [6.07, 6.45) is 3.63. The molecule has 1 saturated heterocycles. The highest BCUT2D eigenvalue weighted by atomic mass is 16.6. The number of nitrogens with one attached hydrogen (secondary N) is 2. The van der Waals surface area contributed by atoms with E-state index in [9.17, 15) is 9.59 Å². The van der Waals surface area contributed by atoms with Gasteiger partial charge in [-0.15, -0.1) is 0 Å². The topological polar surface area (TPSA) is 100 Å². The van der Waals surface area contributed by atoms with Crippen LogP contribution >= 0.6 is 0 Å². The normalized spacial score (nSPS) is 17.6. The number of carbonyl (C=O) groups is 2. The molecule has 2 fully saturated rings. The van der Waals surface area contributed by atoms with Crippen LogP contribution in [0.3, 0.4) is 0 Å². The van der Waals surface area contributed by atoms with E-state index in [1.165, 1.54) is 12.8 Å². The van der Waals surface area contributed by atoms with Crippen LogP contribution in [0, 0.1) is 0 Å². The molecule has 0 unspecified atom stereocenters. The predicted molar refractivity (Wildman–Crippen MR) is 113 cm³/mol. The van der Waals surface area contributed by atoms with Crippen LogP contribution in [0.25, 0.3) is 0 Å². The van der Waals surface area contributed by atoms with Gasteiger partial charge in [0.1, 0.15) is 11.4 Å². The second-order valence-corrected chi connectivity index (χ2v) is 9.12. The minimum absolute atomic E-state index is 0.00788. The van der Waals surface area contributed by atoms with E-state index >= 15 is 0 Å². The van der Waals surface area contributed by atoms with Crippen molar-refractivity contribution in [3.63, 3.8) is 0 Å². The molecule has 2 N–H and O–H groups in total. The summed E-state index contributed by atoms with van der Waals surface area (Å²) in [5.41, 5.74) is 0.646. The summed E-state index contributed by atoms with van der Waals surface area (Å²) in [6.45, 7) is 6.82. The van der Waals surface area contributed by atoms with Gasteiger partial charge in [-0.3, -0.25) is 15.2 Å². The van der Waals surface area contributed by atoms with Gasteiger partial charge in [0.25, 0.3) is 5.91 Å². The van der Waals surface area contributed by atoms with Crippen molar-refractivity contribution in [1.29, 1.82) is 0 Å². The van der Waals surface area contributed by atoms with Crippen molar-refractivity contribution in [2.24, 2.45) is 0 Å². The van der Waals surface area contributed by atoms with Crippen LogP contribution in [0.15, 0.2) is 24.3 Å². The van der Waals surface area contributed by atoms with Gasteiger partial charge in [0.15, 0.2) is 5.82 Å². The first kappa shape index (κ1) is 20.4. The molecular formula is C22H29N5O3. The van der Waals surface area contributed by atoms with Crippen LogP contribution in [0.5, 0.6) is 0 Å². The summed E-state index contributed by atoms with van der Waals surface area (Å²) in [6, 6.07) is 6.91. The van der Waals surface area contributed by atoms with E-state index < -0.39 is 11.7 Å². The molecule has 0 atom stereocenters. The first-order chi connectivity index (χ1) is 14.3. The lowest BCUT2D eigenvalue weighted by atomic mass is 9.95. The number of aromatic nitrogens is 3.